The molecule has 1 aliphatic heterocycles. The first-order valence-corrected chi connectivity index (χ1v) is 7.87. The van der Waals surface area contributed by atoms with E-state index in [0.717, 1.165) is 18.8 Å². The summed E-state index contributed by atoms with van der Waals surface area (Å²) in [6, 6.07) is 5.12. The maximum absolute atomic E-state index is 12.1. The molecule has 0 aromatic heterocycles. The van der Waals surface area contributed by atoms with Gasteiger partial charge in [0.05, 0.1) is 44.7 Å². The number of nitrogens with two attached hydrogens (primary N) is 1. The van der Waals surface area contributed by atoms with Crippen molar-refractivity contribution in [2.24, 2.45) is 5.73 Å². The highest BCUT2D eigenvalue weighted by molar-refractivity contribution is 6.03. The average molecular weight is 350 g/mol. The first kappa shape index (κ1) is 18.7. The fourth-order valence-electron chi connectivity index (χ4n) is 2.38. The molecule has 0 spiro atoms. The highest BCUT2D eigenvalue weighted by Gasteiger charge is 2.18. The molecule has 0 atom stereocenters. The van der Waals surface area contributed by atoms with Crippen molar-refractivity contribution in [2.45, 2.75) is 0 Å². The summed E-state index contributed by atoms with van der Waals surface area (Å²) in [5, 5.41) is 4.96. The summed E-state index contributed by atoms with van der Waals surface area (Å²) in [6.45, 7) is 2.24. The quantitative estimate of drug-likeness (QED) is 0.581. The molecule has 9 nitrogen and oxygen atoms in total. The second-order valence-corrected chi connectivity index (χ2v) is 5.35. The molecule has 1 fully saturated rings. The van der Waals surface area contributed by atoms with E-state index in [1.807, 2.05) is 6.07 Å². The standard InChI is InChI=1S/C16H22N4O5/c1-24-16(23)12-8-11(20-4-6-25-7-5-20)2-3-13(12)19-15(22)10-18-14(21)9-17/h2-3,8H,4-7,9-10,17H2,1H3,(H,18,21)(H,19,22). The summed E-state index contributed by atoms with van der Waals surface area (Å²) in [6.07, 6.45) is 0. The molecule has 4 N–H and O–H groups in total. The van der Waals surface area contributed by atoms with E-state index in [1.54, 1.807) is 12.1 Å². The Morgan fingerprint density at radius 1 is 1.24 bits per heavy atom. The zero-order valence-electron chi connectivity index (χ0n) is 14.0. The van der Waals surface area contributed by atoms with Crippen LogP contribution >= 0.6 is 0 Å². The Kier molecular flexibility index (Phi) is 6.72. The Hall–Kier alpha value is -2.65. The van der Waals surface area contributed by atoms with Crippen molar-refractivity contribution in [3.8, 4) is 0 Å². The average Bonchev–Trinajstić information content (AvgIpc) is 2.66. The molecule has 0 unspecified atom stereocenters. The molecule has 0 aliphatic carbocycles. The lowest BCUT2D eigenvalue weighted by Gasteiger charge is -2.29. The monoisotopic (exact) mass is 350 g/mol. The number of hydrogen-bond acceptors (Lipinski definition) is 7. The van der Waals surface area contributed by atoms with Crippen LogP contribution in [0.25, 0.3) is 0 Å². The van der Waals surface area contributed by atoms with Crippen molar-refractivity contribution in [3.63, 3.8) is 0 Å². The van der Waals surface area contributed by atoms with Gasteiger partial charge in [-0.25, -0.2) is 4.79 Å². The van der Waals surface area contributed by atoms with Crippen LogP contribution in [0, 0.1) is 0 Å². The lowest BCUT2D eigenvalue weighted by molar-refractivity contribution is -0.123. The highest BCUT2D eigenvalue weighted by atomic mass is 16.5. The molecular formula is C16H22N4O5. The van der Waals surface area contributed by atoms with Crippen LogP contribution in [0.2, 0.25) is 0 Å². The van der Waals surface area contributed by atoms with Crippen LogP contribution in [-0.2, 0) is 19.1 Å². The second-order valence-electron chi connectivity index (χ2n) is 5.35. The van der Waals surface area contributed by atoms with Crippen LogP contribution in [0.4, 0.5) is 11.4 Å². The molecular weight excluding hydrogens is 328 g/mol. The number of morpholine rings is 1. The van der Waals surface area contributed by atoms with Gasteiger partial charge in [0.25, 0.3) is 0 Å². The number of carbonyl (C=O) groups is 3. The van der Waals surface area contributed by atoms with Gasteiger partial charge in [0.15, 0.2) is 0 Å². The highest BCUT2D eigenvalue weighted by Crippen LogP contribution is 2.25. The van der Waals surface area contributed by atoms with E-state index in [-0.39, 0.29) is 18.7 Å². The molecule has 0 radical (unpaired) electrons. The molecule has 1 aliphatic rings. The number of rotatable bonds is 6. The Morgan fingerprint density at radius 3 is 2.60 bits per heavy atom. The fraction of sp³-hybridized carbons (Fsp3) is 0.438. The second kappa shape index (κ2) is 9.00. The molecule has 136 valence electrons. The number of amides is 2. The van der Waals surface area contributed by atoms with Crippen LogP contribution in [0.1, 0.15) is 10.4 Å². The Labute approximate surface area is 145 Å². The molecule has 1 heterocycles. The number of ether oxygens (including phenoxy) is 2. The summed E-state index contributed by atoms with van der Waals surface area (Å²) >= 11 is 0. The Balaban J connectivity index is 2.14. The van der Waals surface area contributed by atoms with Gasteiger partial charge in [0.1, 0.15) is 0 Å². The SMILES string of the molecule is COC(=O)c1cc(N2CCOCC2)ccc1NC(=O)CNC(=O)CN. The lowest BCUT2D eigenvalue weighted by Crippen LogP contribution is -2.37. The van der Waals surface area contributed by atoms with Crippen LogP contribution in [-0.4, -0.2) is 64.3 Å². The number of hydrogen-bond donors (Lipinski definition) is 3. The molecule has 0 bridgehead atoms. The number of benzene rings is 1. The molecule has 0 saturated carbocycles. The summed E-state index contributed by atoms with van der Waals surface area (Å²) < 4.78 is 10.1. The zero-order chi connectivity index (χ0) is 18.2. The van der Waals surface area contributed by atoms with Gasteiger partial charge in [-0.3, -0.25) is 9.59 Å². The normalized spacial score (nSPS) is 13.9. The molecule has 1 aromatic carbocycles. The smallest absolute Gasteiger partial charge is 0.340 e. The number of carbonyl (C=O) groups excluding carboxylic acids is 3. The molecule has 1 saturated heterocycles. The molecule has 1 aromatic rings. The van der Waals surface area contributed by atoms with Crippen LogP contribution < -0.4 is 21.3 Å². The third kappa shape index (κ3) is 5.16. The van der Waals surface area contributed by atoms with Gasteiger partial charge in [-0.05, 0) is 18.2 Å². The number of methoxy groups -OCH3 is 1. The number of esters is 1. The fourth-order valence-corrected chi connectivity index (χ4v) is 2.38. The van der Waals surface area contributed by atoms with Gasteiger partial charge in [-0.1, -0.05) is 0 Å². The number of nitrogens with zero attached hydrogens (tertiary/aromatic N) is 1. The van der Waals surface area contributed by atoms with E-state index >= 15 is 0 Å². The van der Waals surface area contributed by atoms with Crippen LogP contribution in [0.3, 0.4) is 0 Å². The molecule has 9 heteroatoms. The molecule has 2 rings (SSSR count). The minimum absolute atomic E-state index is 0.199. The Morgan fingerprint density at radius 2 is 1.96 bits per heavy atom. The van der Waals surface area contributed by atoms with Gasteiger partial charge < -0.3 is 30.7 Å². The largest absolute Gasteiger partial charge is 0.465 e. The van der Waals surface area contributed by atoms with E-state index < -0.39 is 17.8 Å². The first-order valence-electron chi connectivity index (χ1n) is 7.87. The van der Waals surface area contributed by atoms with Crippen molar-refractivity contribution in [2.75, 3.05) is 56.7 Å². The van der Waals surface area contributed by atoms with E-state index in [9.17, 15) is 14.4 Å². The molecule has 25 heavy (non-hydrogen) atoms. The summed E-state index contributed by atoms with van der Waals surface area (Å²) in [5.41, 5.74) is 6.56. The number of anilines is 2. The number of nitrogens with one attached hydrogen (secondary N) is 2. The topological polar surface area (TPSA) is 123 Å². The van der Waals surface area contributed by atoms with Crippen molar-refractivity contribution in [3.05, 3.63) is 23.8 Å². The van der Waals surface area contributed by atoms with Crippen LogP contribution in [0.15, 0.2) is 18.2 Å². The summed E-state index contributed by atoms with van der Waals surface area (Å²) in [5.74, 6) is -1.46. The Bertz CT molecular complexity index is 643. The minimum atomic E-state index is -0.559. The van der Waals surface area contributed by atoms with Gasteiger partial charge in [0, 0.05) is 18.8 Å². The predicted molar refractivity (Wildman–Crippen MR) is 91.5 cm³/mol. The third-order valence-corrected chi connectivity index (χ3v) is 3.69. The van der Waals surface area contributed by atoms with Gasteiger partial charge in [-0.15, -0.1) is 0 Å². The van der Waals surface area contributed by atoms with E-state index in [1.165, 1.54) is 7.11 Å². The third-order valence-electron chi connectivity index (χ3n) is 3.69. The maximum atomic E-state index is 12.1. The van der Waals surface area contributed by atoms with E-state index in [0.29, 0.717) is 18.9 Å². The van der Waals surface area contributed by atoms with Gasteiger partial charge in [-0.2, -0.15) is 0 Å². The van der Waals surface area contributed by atoms with Crippen molar-refractivity contribution < 1.29 is 23.9 Å². The van der Waals surface area contributed by atoms with Crippen molar-refractivity contribution in [1.82, 2.24) is 5.32 Å². The van der Waals surface area contributed by atoms with Crippen LogP contribution in [0.5, 0.6) is 0 Å². The lowest BCUT2D eigenvalue weighted by atomic mass is 10.1. The maximum Gasteiger partial charge on any atom is 0.340 e. The summed E-state index contributed by atoms with van der Waals surface area (Å²) in [7, 11) is 1.27. The van der Waals surface area contributed by atoms with Crippen molar-refractivity contribution >= 4 is 29.2 Å². The first-order chi connectivity index (χ1) is 12.0. The van der Waals surface area contributed by atoms with Gasteiger partial charge in [0.2, 0.25) is 11.8 Å². The minimum Gasteiger partial charge on any atom is -0.465 e. The van der Waals surface area contributed by atoms with E-state index in [4.69, 9.17) is 15.2 Å². The molecule has 2 amide bonds. The predicted octanol–water partition coefficient (Wildman–Crippen LogP) is -0.677. The summed E-state index contributed by atoms with van der Waals surface area (Å²) in [4.78, 5) is 37.2. The van der Waals surface area contributed by atoms with Crippen molar-refractivity contribution in [1.29, 1.82) is 0 Å². The van der Waals surface area contributed by atoms with E-state index in [2.05, 4.69) is 15.5 Å². The zero-order valence-corrected chi connectivity index (χ0v) is 14.0. The van der Waals surface area contributed by atoms with Gasteiger partial charge >= 0.3 is 5.97 Å².